The Morgan fingerprint density at radius 3 is 2.56 bits per heavy atom. The number of nitrogens with two attached hydrogens (primary N) is 1. The van der Waals surface area contributed by atoms with Crippen LogP contribution in [0.5, 0.6) is 0 Å². The minimum Gasteiger partial charge on any atom is -0.393 e. The molecule has 1 amide bonds. The molecule has 1 atom stereocenters. The van der Waals surface area contributed by atoms with Gasteiger partial charge in [-0.05, 0) is 31.7 Å². The van der Waals surface area contributed by atoms with Gasteiger partial charge in [0.05, 0.1) is 10.9 Å². The molecule has 1 fully saturated rings. The molecule has 0 aliphatic heterocycles. The summed E-state index contributed by atoms with van der Waals surface area (Å²) in [7, 11) is 0. The molecule has 0 bridgehead atoms. The first-order valence-corrected chi connectivity index (χ1v) is 6.56. The van der Waals surface area contributed by atoms with Crippen molar-refractivity contribution in [2.24, 2.45) is 11.7 Å². The monoisotopic (exact) mass is 262 g/mol. The molecule has 1 aliphatic rings. The van der Waals surface area contributed by atoms with E-state index in [1.165, 1.54) is 0 Å². The molecule has 4 heteroatoms. The number of hydrogen-bond donors (Lipinski definition) is 2. The van der Waals surface area contributed by atoms with Crippen LogP contribution in [0.1, 0.15) is 25.3 Å². The fraction of sp³-hybridized carbons (Fsp3) is 0.429. The van der Waals surface area contributed by atoms with Gasteiger partial charge >= 0.3 is 0 Å². The molecule has 1 unspecified atom stereocenters. The third-order valence-corrected chi connectivity index (χ3v) is 3.65. The van der Waals surface area contributed by atoms with Crippen LogP contribution < -0.4 is 11.1 Å². The van der Waals surface area contributed by atoms with Crippen molar-refractivity contribution < 1.29 is 4.79 Å². The zero-order valence-electron chi connectivity index (χ0n) is 10.5. The van der Waals surface area contributed by atoms with Gasteiger partial charge in [-0.1, -0.05) is 42.5 Å². The first-order chi connectivity index (χ1) is 8.50. The fourth-order valence-electron chi connectivity index (χ4n) is 1.87. The lowest BCUT2D eigenvalue weighted by atomic mass is 9.98. The third kappa shape index (κ3) is 3.29. The third-order valence-electron chi connectivity index (χ3n) is 3.37. The van der Waals surface area contributed by atoms with Crippen molar-refractivity contribution in [1.82, 2.24) is 5.32 Å². The van der Waals surface area contributed by atoms with E-state index < -0.39 is 5.92 Å². The zero-order chi connectivity index (χ0) is 13.2. The Balaban J connectivity index is 2.04. The first-order valence-electron chi connectivity index (χ1n) is 6.15. The van der Waals surface area contributed by atoms with E-state index in [9.17, 15) is 4.79 Å². The molecule has 2 rings (SSSR count). The van der Waals surface area contributed by atoms with E-state index in [0.717, 1.165) is 18.4 Å². The predicted octanol–water partition coefficient (Wildman–Crippen LogP) is 1.80. The zero-order valence-corrected chi connectivity index (χ0v) is 11.3. The molecule has 0 aromatic heterocycles. The van der Waals surface area contributed by atoms with Crippen molar-refractivity contribution >= 4 is 23.1 Å². The van der Waals surface area contributed by atoms with Gasteiger partial charge in [-0.3, -0.25) is 4.79 Å². The van der Waals surface area contributed by atoms with Crippen molar-refractivity contribution in [2.75, 3.05) is 0 Å². The summed E-state index contributed by atoms with van der Waals surface area (Å²) in [6.45, 7) is 2.05. The number of nitrogens with one attached hydrogen (secondary N) is 1. The van der Waals surface area contributed by atoms with E-state index in [2.05, 4.69) is 5.32 Å². The Labute approximate surface area is 113 Å². The standard InChI is InChI=1S/C14H18N2OS/c1-14(7-8-14)16-13(17)11(12(15)18)9-10-5-3-2-4-6-10/h2-6,11H,7-9H2,1H3,(H2,15,18)(H,16,17). The van der Waals surface area contributed by atoms with Crippen LogP contribution in [-0.4, -0.2) is 16.4 Å². The van der Waals surface area contributed by atoms with Gasteiger partial charge < -0.3 is 11.1 Å². The maximum absolute atomic E-state index is 12.2. The molecule has 1 saturated carbocycles. The van der Waals surface area contributed by atoms with Crippen LogP contribution in [0.3, 0.4) is 0 Å². The summed E-state index contributed by atoms with van der Waals surface area (Å²) in [6, 6.07) is 9.82. The molecule has 0 spiro atoms. The number of amides is 1. The first kappa shape index (κ1) is 13.0. The van der Waals surface area contributed by atoms with Crippen LogP contribution in [-0.2, 0) is 11.2 Å². The summed E-state index contributed by atoms with van der Waals surface area (Å²) in [5, 5.41) is 3.03. The molecule has 0 radical (unpaired) electrons. The minimum atomic E-state index is -0.417. The Bertz CT molecular complexity index is 454. The number of hydrogen-bond acceptors (Lipinski definition) is 2. The summed E-state index contributed by atoms with van der Waals surface area (Å²) in [6.07, 6.45) is 2.64. The highest BCUT2D eigenvalue weighted by atomic mass is 32.1. The van der Waals surface area contributed by atoms with E-state index in [-0.39, 0.29) is 16.4 Å². The fourth-order valence-corrected chi connectivity index (χ4v) is 2.06. The van der Waals surface area contributed by atoms with E-state index in [1.807, 2.05) is 37.3 Å². The van der Waals surface area contributed by atoms with Gasteiger partial charge in [0.25, 0.3) is 0 Å². The Morgan fingerprint density at radius 1 is 1.44 bits per heavy atom. The molecule has 96 valence electrons. The number of rotatable bonds is 5. The molecule has 1 aromatic rings. The van der Waals surface area contributed by atoms with Crippen LogP contribution in [0.15, 0.2) is 30.3 Å². The lowest BCUT2D eigenvalue weighted by molar-refractivity contribution is -0.123. The SMILES string of the molecule is CC1(NC(=O)C(Cc2ccccc2)C(N)=S)CC1. The summed E-state index contributed by atoms with van der Waals surface area (Å²) in [5.74, 6) is -0.467. The Kier molecular flexibility index (Phi) is 3.66. The Hall–Kier alpha value is -1.42. The highest BCUT2D eigenvalue weighted by Crippen LogP contribution is 2.34. The maximum atomic E-state index is 12.2. The van der Waals surface area contributed by atoms with Crippen molar-refractivity contribution in [3.05, 3.63) is 35.9 Å². The van der Waals surface area contributed by atoms with E-state index in [4.69, 9.17) is 18.0 Å². The molecule has 0 saturated heterocycles. The second-order valence-corrected chi connectivity index (χ2v) is 5.67. The van der Waals surface area contributed by atoms with Crippen LogP contribution in [0.2, 0.25) is 0 Å². The normalized spacial score (nSPS) is 17.8. The van der Waals surface area contributed by atoms with Crippen molar-refractivity contribution in [3.8, 4) is 0 Å². The number of thiocarbonyl (C=S) groups is 1. The highest BCUT2D eigenvalue weighted by molar-refractivity contribution is 7.80. The van der Waals surface area contributed by atoms with Gasteiger partial charge in [-0.2, -0.15) is 0 Å². The molecule has 3 nitrogen and oxygen atoms in total. The van der Waals surface area contributed by atoms with Gasteiger partial charge in [0, 0.05) is 5.54 Å². The van der Waals surface area contributed by atoms with Gasteiger partial charge in [0.2, 0.25) is 5.91 Å². The molecular weight excluding hydrogens is 244 g/mol. The van der Waals surface area contributed by atoms with Crippen LogP contribution in [0.25, 0.3) is 0 Å². The maximum Gasteiger partial charge on any atom is 0.230 e. The van der Waals surface area contributed by atoms with Gasteiger partial charge in [-0.25, -0.2) is 0 Å². The average Bonchev–Trinajstić information content (AvgIpc) is 3.04. The smallest absolute Gasteiger partial charge is 0.230 e. The van der Waals surface area contributed by atoms with Crippen molar-refractivity contribution in [2.45, 2.75) is 31.7 Å². The lowest BCUT2D eigenvalue weighted by Crippen LogP contribution is -2.44. The molecule has 1 aliphatic carbocycles. The molecule has 1 aromatic carbocycles. The minimum absolute atomic E-state index is 0.0309. The second kappa shape index (κ2) is 5.06. The second-order valence-electron chi connectivity index (χ2n) is 5.19. The predicted molar refractivity (Wildman–Crippen MR) is 76.2 cm³/mol. The largest absolute Gasteiger partial charge is 0.393 e. The summed E-state index contributed by atoms with van der Waals surface area (Å²) >= 11 is 5.02. The van der Waals surface area contributed by atoms with E-state index in [1.54, 1.807) is 0 Å². The summed E-state index contributed by atoms with van der Waals surface area (Å²) in [5.41, 5.74) is 6.74. The van der Waals surface area contributed by atoms with Crippen LogP contribution >= 0.6 is 12.2 Å². The van der Waals surface area contributed by atoms with Gasteiger partial charge in [0.15, 0.2) is 0 Å². The quantitative estimate of drug-likeness (QED) is 0.796. The highest BCUT2D eigenvalue weighted by Gasteiger charge is 2.40. The summed E-state index contributed by atoms with van der Waals surface area (Å²) < 4.78 is 0. The van der Waals surface area contributed by atoms with E-state index >= 15 is 0 Å². The average molecular weight is 262 g/mol. The van der Waals surface area contributed by atoms with Gasteiger partial charge in [0.1, 0.15) is 0 Å². The molecular formula is C14H18N2OS. The number of carbonyl (C=O) groups is 1. The molecule has 0 heterocycles. The van der Waals surface area contributed by atoms with Crippen molar-refractivity contribution in [1.29, 1.82) is 0 Å². The number of carbonyl (C=O) groups excluding carboxylic acids is 1. The Morgan fingerprint density at radius 2 is 2.06 bits per heavy atom. The van der Waals surface area contributed by atoms with Crippen LogP contribution in [0, 0.1) is 5.92 Å². The lowest BCUT2D eigenvalue weighted by Gasteiger charge is -2.19. The summed E-state index contributed by atoms with van der Waals surface area (Å²) in [4.78, 5) is 12.4. The molecule has 18 heavy (non-hydrogen) atoms. The van der Waals surface area contributed by atoms with Crippen LogP contribution in [0.4, 0.5) is 0 Å². The number of benzene rings is 1. The van der Waals surface area contributed by atoms with Gasteiger partial charge in [-0.15, -0.1) is 0 Å². The van der Waals surface area contributed by atoms with Crippen molar-refractivity contribution in [3.63, 3.8) is 0 Å². The van der Waals surface area contributed by atoms with E-state index in [0.29, 0.717) is 6.42 Å². The topological polar surface area (TPSA) is 55.1 Å². The molecule has 3 N–H and O–H groups in total.